The topological polar surface area (TPSA) is 38.9 Å². The van der Waals surface area contributed by atoms with Gasteiger partial charge >= 0.3 is 0 Å². The van der Waals surface area contributed by atoms with Crippen molar-refractivity contribution < 1.29 is 0 Å². The van der Waals surface area contributed by atoms with Crippen LogP contribution in [0, 0.1) is 0 Å². The van der Waals surface area contributed by atoms with Gasteiger partial charge in [-0.3, -0.25) is 0 Å². The molecular formula is C6H9BrN2S. The fraction of sp³-hybridized carbons (Fsp3) is 0.500. The first kappa shape index (κ1) is 8.17. The van der Waals surface area contributed by atoms with E-state index in [1.165, 1.54) is 0 Å². The Kier molecular flexibility index (Phi) is 2.12. The van der Waals surface area contributed by atoms with E-state index in [9.17, 15) is 0 Å². The third-order valence-electron chi connectivity index (χ3n) is 1.03. The molecule has 0 bridgehead atoms. The lowest BCUT2D eigenvalue weighted by molar-refractivity contribution is 0.549. The van der Waals surface area contributed by atoms with Gasteiger partial charge in [0, 0.05) is 5.38 Å². The van der Waals surface area contributed by atoms with Gasteiger partial charge in [-0.05, 0) is 29.8 Å². The maximum absolute atomic E-state index is 5.80. The lowest BCUT2D eigenvalue weighted by atomic mass is 10.1. The molecule has 1 aromatic rings. The molecule has 0 aliphatic rings. The van der Waals surface area contributed by atoms with Gasteiger partial charge in [0.05, 0.1) is 5.54 Å². The molecule has 0 saturated carbocycles. The summed E-state index contributed by atoms with van der Waals surface area (Å²) in [4.78, 5) is 4.19. The molecule has 0 aromatic carbocycles. The van der Waals surface area contributed by atoms with Gasteiger partial charge in [-0.25, -0.2) is 4.98 Å². The van der Waals surface area contributed by atoms with Crippen LogP contribution in [0.25, 0.3) is 0 Å². The fourth-order valence-electron chi connectivity index (χ4n) is 0.550. The van der Waals surface area contributed by atoms with Crippen molar-refractivity contribution in [2.75, 3.05) is 0 Å². The van der Waals surface area contributed by atoms with Crippen LogP contribution in [0.3, 0.4) is 0 Å². The Hall–Kier alpha value is 0.0700. The number of nitrogens with two attached hydrogens (primary N) is 1. The van der Waals surface area contributed by atoms with Gasteiger partial charge in [-0.1, -0.05) is 0 Å². The second-order valence-electron chi connectivity index (χ2n) is 2.70. The lowest BCUT2D eigenvalue weighted by Crippen LogP contribution is -2.28. The van der Waals surface area contributed by atoms with Gasteiger partial charge in [0.2, 0.25) is 0 Å². The summed E-state index contributed by atoms with van der Waals surface area (Å²) in [5.74, 6) is 0. The molecule has 2 nitrogen and oxygen atoms in total. The van der Waals surface area contributed by atoms with Crippen molar-refractivity contribution in [1.82, 2.24) is 4.98 Å². The monoisotopic (exact) mass is 220 g/mol. The Morgan fingerprint density at radius 2 is 2.30 bits per heavy atom. The molecule has 0 radical (unpaired) electrons. The van der Waals surface area contributed by atoms with Crippen LogP contribution in [0.4, 0.5) is 0 Å². The molecule has 1 heterocycles. The van der Waals surface area contributed by atoms with E-state index in [0.717, 1.165) is 9.61 Å². The van der Waals surface area contributed by atoms with Crippen molar-refractivity contribution in [3.8, 4) is 0 Å². The number of thiazole rings is 1. The molecule has 0 fully saturated rings. The summed E-state index contributed by atoms with van der Waals surface area (Å²) in [5.41, 5.74) is 5.49. The van der Waals surface area contributed by atoms with Crippen LogP contribution < -0.4 is 5.73 Å². The van der Waals surface area contributed by atoms with Crippen LogP contribution in [0.5, 0.6) is 0 Å². The highest BCUT2D eigenvalue weighted by Crippen LogP contribution is 2.23. The van der Waals surface area contributed by atoms with Crippen LogP contribution in [-0.4, -0.2) is 4.98 Å². The van der Waals surface area contributed by atoms with E-state index < -0.39 is 0 Å². The first-order chi connectivity index (χ1) is 4.50. The van der Waals surface area contributed by atoms with E-state index >= 15 is 0 Å². The fourth-order valence-corrected chi connectivity index (χ4v) is 1.84. The summed E-state index contributed by atoms with van der Waals surface area (Å²) in [6, 6.07) is 0. The van der Waals surface area contributed by atoms with Crippen LogP contribution in [0.15, 0.2) is 9.98 Å². The second-order valence-corrected chi connectivity index (χ2v) is 4.37. The highest BCUT2D eigenvalue weighted by atomic mass is 79.9. The minimum atomic E-state index is -0.309. The van der Waals surface area contributed by atoms with Gasteiger partial charge in [0.15, 0.2) is 0 Å². The SMILES string of the molecule is CC(C)(N)c1nc(Br)cs1. The molecular weight excluding hydrogens is 212 g/mol. The van der Waals surface area contributed by atoms with Crippen LogP contribution in [0.2, 0.25) is 0 Å². The minimum absolute atomic E-state index is 0.309. The van der Waals surface area contributed by atoms with E-state index in [1.807, 2.05) is 19.2 Å². The number of halogens is 1. The molecule has 1 aromatic heterocycles. The zero-order valence-electron chi connectivity index (χ0n) is 5.89. The van der Waals surface area contributed by atoms with Gasteiger partial charge in [-0.15, -0.1) is 11.3 Å². The second kappa shape index (κ2) is 2.60. The predicted octanol–water partition coefficient (Wildman–Crippen LogP) is 2.10. The van der Waals surface area contributed by atoms with Gasteiger partial charge < -0.3 is 5.73 Å². The van der Waals surface area contributed by atoms with Crippen molar-refractivity contribution in [1.29, 1.82) is 0 Å². The van der Waals surface area contributed by atoms with Gasteiger partial charge in [0.1, 0.15) is 9.61 Å². The Morgan fingerprint density at radius 1 is 1.70 bits per heavy atom. The number of nitrogens with zero attached hydrogens (tertiary/aromatic N) is 1. The third-order valence-corrected chi connectivity index (χ3v) is 2.92. The molecule has 0 spiro atoms. The standard InChI is InChI=1S/C6H9BrN2S/c1-6(2,8)5-9-4(7)3-10-5/h3H,8H2,1-2H3. The molecule has 0 unspecified atom stereocenters. The maximum atomic E-state index is 5.80. The maximum Gasteiger partial charge on any atom is 0.117 e. The van der Waals surface area contributed by atoms with E-state index in [0.29, 0.717) is 0 Å². The average molecular weight is 221 g/mol. The van der Waals surface area contributed by atoms with Gasteiger partial charge in [0.25, 0.3) is 0 Å². The van der Waals surface area contributed by atoms with Crippen molar-refractivity contribution in [3.63, 3.8) is 0 Å². The quantitative estimate of drug-likeness (QED) is 0.788. The summed E-state index contributed by atoms with van der Waals surface area (Å²) in [5, 5.41) is 2.89. The highest BCUT2D eigenvalue weighted by molar-refractivity contribution is 9.10. The summed E-state index contributed by atoms with van der Waals surface area (Å²) in [7, 11) is 0. The number of aromatic nitrogens is 1. The Bertz CT molecular complexity index is 226. The predicted molar refractivity (Wildman–Crippen MR) is 47.0 cm³/mol. The Balaban J connectivity index is 2.96. The first-order valence-electron chi connectivity index (χ1n) is 2.90. The van der Waals surface area contributed by atoms with Crippen molar-refractivity contribution >= 4 is 27.3 Å². The summed E-state index contributed by atoms with van der Waals surface area (Å²) in [6.07, 6.45) is 0. The van der Waals surface area contributed by atoms with Crippen LogP contribution >= 0.6 is 27.3 Å². The lowest BCUT2D eigenvalue weighted by Gasteiger charge is -2.13. The zero-order valence-corrected chi connectivity index (χ0v) is 8.29. The summed E-state index contributed by atoms with van der Waals surface area (Å²) in [6.45, 7) is 3.89. The number of hydrogen-bond donors (Lipinski definition) is 1. The Labute approximate surface area is 72.6 Å². The smallest absolute Gasteiger partial charge is 0.117 e. The molecule has 0 amide bonds. The average Bonchev–Trinajstić information content (AvgIpc) is 2.11. The van der Waals surface area contributed by atoms with Crippen LogP contribution in [0.1, 0.15) is 18.9 Å². The summed E-state index contributed by atoms with van der Waals surface area (Å²) < 4.78 is 0.867. The van der Waals surface area contributed by atoms with Crippen LogP contribution in [-0.2, 0) is 5.54 Å². The van der Waals surface area contributed by atoms with E-state index in [4.69, 9.17) is 5.73 Å². The third kappa shape index (κ3) is 1.78. The van der Waals surface area contributed by atoms with Crippen molar-refractivity contribution in [2.24, 2.45) is 5.73 Å². The molecule has 0 atom stereocenters. The highest BCUT2D eigenvalue weighted by Gasteiger charge is 2.17. The first-order valence-corrected chi connectivity index (χ1v) is 4.58. The molecule has 10 heavy (non-hydrogen) atoms. The molecule has 0 saturated heterocycles. The molecule has 0 aliphatic heterocycles. The normalized spacial score (nSPS) is 12.0. The molecule has 56 valence electrons. The van der Waals surface area contributed by atoms with Crippen molar-refractivity contribution in [3.05, 3.63) is 15.0 Å². The summed E-state index contributed by atoms with van der Waals surface area (Å²) >= 11 is 4.84. The molecule has 0 aliphatic carbocycles. The van der Waals surface area contributed by atoms with E-state index in [1.54, 1.807) is 11.3 Å². The number of hydrogen-bond acceptors (Lipinski definition) is 3. The zero-order chi connectivity index (χ0) is 7.78. The van der Waals surface area contributed by atoms with Crippen molar-refractivity contribution in [2.45, 2.75) is 19.4 Å². The molecule has 1 rings (SSSR count). The van der Waals surface area contributed by atoms with Gasteiger partial charge in [-0.2, -0.15) is 0 Å². The largest absolute Gasteiger partial charge is 0.320 e. The minimum Gasteiger partial charge on any atom is -0.320 e. The van der Waals surface area contributed by atoms with E-state index in [2.05, 4.69) is 20.9 Å². The van der Waals surface area contributed by atoms with E-state index in [-0.39, 0.29) is 5.54 Å². The molecule has 2 N–H and O–H groups in total. The number of rotatable bonds is 1. The Morgan fingerprint density at radius 3 is 2.50 bits per heavy atom. The molecule has 4 heteroatoms.